The Balaban J connectivity index is 1.44. The Morgan fingerprint density at radius 3 is 2.89 bits per heavy atom. The predicted octanol–water partition coefficient (Wildman–Crippen LogP) is 1.94. The number of aryl methyl sites for hydroxylation is 1. The Hall–Kier alpha value is -2.78. The molecule has 28 heavy (non-hydrogen) atoms. The molecule has 8 nitrogen and oxygen atoms in total. The summed E-state index contributed by atoms with van der Waals surface area (Å²) in [5.41, 5.74) is 0.896. The van der Waals surface area contributed by atoms with E-state index in [1.54, 1.807) is 36.5 Å². The molecule has 146 valence electrons. The van der Waals surface area contributed by atoms with Gasteiger partial charge >= 0.3 is 0 Å². The number of aromatic nitrogens is 1. The lowest BCUT2D eigenvalue weighted by Gasteiger charge is -2.21. The molecular formula is C19H20N4O4S. The third-order valence-electron chi connectivity index (χ3n) is 4.93. The van der Waals surface area contributed by atoms with Crippen molar-refractivity contribution in [2.75, 3.05) is 18.4 Å². The highest BCUT2D eigenvalue weighted by atomic mass is 32.2. The number of amides is 1. The third kappa shape index (κ3) is 3.50. The van der Waals surface area contributed by atoms with E-state index in [1.165, 1.54) is 10.5 Å². The molecule has 1 amide bonds. The van der Waals surface area contributed by atoms with E-state index >= 15 is 0 Å². The zero-order valence-corrected chi connectivity index (χ0v) is 16.1. The predicted molar refractivity (Wildman–Crippen MR) is 103 cm³/mol. The minimum Gasteiger partial charge on any atom is -0.387 e. The smallest absolute Gasteiger partial charge is 0.273 e. The lowest BCUT2D eigenvalue weighted by molar-refractivity contribution is -0.110. The fraction of sp³-hybridized carbons (Fsp3) is 0.316. The van der Waals surface area contributed by atoms with Gasteiger partial charge in [0.1, 0.15) is 5.71 Å². The summed E-state index contributed by atoms with van der Waals surface area (Å²) >= 11 is 0. The van der Waals surface area contributed by atoms with E-state index in [2.05, 4.69) is 15.5 Å². The number of rotatable bonds is 4. The minimum absolute atomic E-state index is 0.163. The monoisotopic (exact) mass is 400 g/mol. The van der Waals surface area contributed by atoms with Gasteiger partial charge in [-0.15, -0.1) is 0 Å². The van der Waals surface area contributed by atoms with E-state index in [1.807, 2.05) is 13.0 Å². The quantitative estimate of drug-likeness (QED) is 0.845. The highest BCUT2D eigenvalue weighted by Gasteiger charge is 2.49. The van der Waals surface area contributed by atoms with E-state index in [-0.39, 0.29) is 29.5 Å². The summed E-state index contributed by atoms with van der Waals surface area (Å²) < 4.78 is 27.3. The number of anilines is 1. The van der Waals surface area contributed by atoms with Gasteiger partial charge < -0.3 is 10.2 Å². The second-order valence-corrected chi connectivity index (χ2v) is 9.03. The zero-order chi connectivity index (χ0) is 19.8. The van der Waals surface area contributed by atoms with Crippen molar-refractivity contribution in [2.45, 2.75) is 30.3 Å². The number of sulfonamides is 1. The van der Waals surface area contributed by atoms with E-state index in [4.69, 9.17) is 4.84 Å². The topological polar surface area (TPSA) is 101 Å². The Labute approximate surface area is 163 Å². The van der Waals surface area contributed by atoms with Gasteiger partial charge in [-0.05, 0) is 36.8 Å². The molecule has 0 aliphatic carbocycles. The molecule has 3 heterocycles. The number of nitrogens with zero attached hydrogens (tertiary/aromatic N) is 3. The van der Waals surface area contributed by atoms with E-state index in [9.17, 15) is 13.2 Å². The summed E-state index contributed by atoms with van der Waals surface area (Å²) in [5.74, 6) is -0.370. The molecule has 2 aliphatic rings. The first-order valence-electron chi connectivity index (χ1n) is 8.91. The number of carbonyl (C=O) groups excluding carboxylic acids is 1. The van der Waals surface area contributed by atoms with Crippen LogP contribution < -0.4 is 5.32 Å². The highest BCUT2D eigenvalue weighted by Crippen LogP contribution is 2.36. The van der Waals surface area contributed by atoms with Crippen LogP contribution in [0.25, 0.3) is 0 Å². The van der Waals surface area contributed by atoms with Crippen molar-refractivity contribution < 1.29 is 18.0 Å². The average molecular weight is 400 g/mol. The van der Waals surface area contributed by atoms with Gasteiger partial charge in [-0.25, -0.2) is 8.42 Å². The van der Waals surface area contributed by atoms with E-state index < -0.39 is 15.6 Å². The van der Waals surface area contributed by atoms with Crippen LogP contribution >= 0.6 is 0 Å². The number of pyridine rings is 1. The lowest BCUT2D eigenvalue weighted by atomic mass is 9.96. The first kappa shape index (κ1) is 18.6. The first-order valence-corrected chi connectivity index (χ1v) is 10.4. The first-order chi connectivity index (χ1) is 13.4. The van der Waals surface area contributed by atoms with Crippen molar-refractivity contribution in [3.63, 3.8) is 0 Å². The number of hydrogen-bond donors (Lipinski definition) is 1. The van der Waals surface area contributed by atoms with Crippen LogP contribution in [0.5, 0.6) is 0 Å². The standard InChI is InChI=1S/C19H20N4O4S/c1-14-4-2-6-16(10-14)28(25,26)23-9-7-19(13-23)11-17(22-27-19)18(24)21-15-5-3-8-20-12-15/h2-6,8,10,12H,7,9,11,13H2,1H3,(H,21,24)/t19-/m0/s1. The summed E-state index contributed by atoms with van der Waals surface area (Å²) in [6.07, 6.45) is 3.89. The molecule has 2 aromatic rings. The van der Waals surface area contributed by atoms with Crippen LogP contribution in [0.2, 0.25) is 0 Å². The van der Waals surface area contributed by atoms with Crippen molar-refractivity contribution >= 4 is 27.3 Å². The van der Waals surface area contributed by atoms with Gasteiger partial charge in [0.2, 0.25) is 10.0 Å². The number of carbonyl (C=O) groups is 1. The van der Waals surface area contributed by atoms with Gasteiger partial charge in [0.05, 0.1) is 23.3 Å². The molecular weight excluding hydrogens is 380 g/mol. The van der Waals surface area contributed by atoms with Gasteiger partial charge in [-0.2, -0.15) is 4.31 Å². The van der Waals surface area contributed by atoms with Crippen molar-refractivity contribution in [2.24, 2.45) is 5.16 Å². The van der Waals surface area contributed by atoms with Crippen LogP contribution in [0.1, 0.15) is 18.4 Å². The third-order valence-corrected chi connectivity index (χ3v) is 6.77. The Morgan fingerprint density at radius 2 is 2.14 bits per heavy atom. The summed E-state index contributed by atoms with van der Waals surface area (Å²) in [6, 6.07) is 10.3. The molecule has 0 saturated carbocycles. The Bertz CT molecular complexity index is 1040. The molecule has 1 saturated heterocycles. The van der Waals surface area contributed by atoms with Gasteiger partial charge in [0.15, 0.2) is 5.60 Å². The molecule has 1 aromatic heterocycles. The molecule has 1 atom stereocenters. The van der Waals surface area contributed by atoms with E-state index in [0.29, 0.717) is 18.7 Å². The number of benzene rings is 1. The molecule has 9 heteroatoms. The molecule has 0 radical (unpaired) electrons. The molecule has 1 spiro atoms. The molecule has 0 unspecified atom stereocenters. The maximum Gasteiger partial charge on any atom is 0.273 e. The maximum atomic E-state index is 12.9. The van der Waals surface area contributed by atoms with Crippen LogP contribution in [0.3, 0.4) is 0 Å². The number of hydrogen-bond acceptors (Lipinski definition) is 6. The normalized spacial score (nSPS) is 22.1. The van der Waals surface area contributed by atoms with Crippen LogP contribution in [0.15, 0.2) is 58.8 Å². The van der Waals surface area contributed by atoms with Crippen molar-refractivity contribution in [3.05, 3.63) is 54.4 Å². The van der Waals surface area contributed by atoms with Crippen LogP contribution in [-0.4, -0.2) is 48.0 Å². The van der Waals surface area contributed by atoms with Crippen molar-refractivity contribution in [1.82, 2.24) is 9.29 Å². The minimum atomic E-state index is -3.62. The average Bonchev–Trinajstić information content (AvgIpc) is 3.30. The molecule has 1 N–H and O–H groups in total. The Kier molecular flexibility index (Phi) is 4.64. The summed E-state index contributed by atoms with van der Waals surface area (Å²) in [4.78, 5) is 22.2. The van der Waals surface area contributed by atoms with Gasteiger partial charge in [-0.1, -0.05) is 17.3 Å². The second-order valence-electron chi connectivity index (χ2n) is 7.09. The van der Waals surface area contributed by atoms with Gasteiger partial charge in [0.25, 0.3) is 5.91 Å². The van der Waals surface area contributed by atoms with Crippen LogP contribution in [-0.2, 0) is 19.7 Å². The Morgan fingerprint density at radius 1 is 1.29 bits per heavy atom. The second kappa shape index (κ2) is 6.99. The number of nitrogens with one attached hydrogen (secondary N) is 1. The summed E-state index contributed by atoms with van der Waals surface area (Å²) in [5, 5.41) is 6.65. The van der Waals surface area contributed by atoms with Crippen molar-refractivity contribution in [3.8, 4) is 0 Å². The lowest BCUT2D eigenvalue weighted by Crippen LogP contribution is -2.37. The van der Waals surface area contributed by atoms with Gasteiger partial charge in [0, 0.05) is 25.6 Å². The van der Waals surface area contributed by atoms with Crippen LogP contribution in [0, 0.1) is 6.92 Å². The highest BCUT2D eigenvalue weighted by molar-refractivity contribution is 7.89. The fourth-order valence-electron chi connectivity index (χ4n) is 3.44. The van der Waals surface area contributed by atoms with Crippen LogP contribution in [0.4, 0.5) is 5.69 Å². The maximum absolute atomic E-state index is 12.9. The molecule has 1 aromatic carbocycles. The molecule has 1 fully saturated rings. The number of oxime groups is 1. The summed E-state index contributed by atoms with van der Waals surface area (Å²) in [6.45, 7) is 2.34. The van der Waals surface area contributed by atoms with E-state index in [0.717, 1.165) is 5.56 Å². The molecule has 0 bridgehead atoms. The van der Waals surface area contributed by atoms with Crippen molar-refractivity contribution in [1.29, 1.82) is 0 Å². The summed E-state index contributed by atoms with van der Waals surface area (Å²) in [7, 11) is -3.62. The molecule has 4 rings (SSSR count). The zero-order valence-electron chi connectivity index (χ0n) is 15.3. The fourth-order valence-corrected chi connectivity index (χ4v) is 5.06. The molecule has 2 aliphatic heterocycles. The SMILES string of the molecule is Cc1cccc(S(=O)(=O)N2CC[C@]3(CC(C(=O)Nc4cccnc4)=NO3)C2)c1. The van der Waals surface area contributed by atoms with Gasteiger partial charge in [-0.3, -0.25) is 9.78 Å². The largest absolute Gasteiger partial charge is 0.387 e.